The van der Waals surface area contributed by atoms with Crippen LogP contribution in [-0.4, -0.2) is 32.8 Å². The molecule has 2 heterocycles. The van der Waals surface area contributed by atoms with Crippen molar-refractivity contribution in [1.29, 1.82) is 5.26 Å². The van der Waals surface area contributed by atoms with Gasteiger partial charge in [-0.1, -0.05) is 31.9 Å². The Morgan fingerprint density at radius 2 is 1.97 bits per heavy atom. The molecule has 1 atom stereocenters. The number of nitrogens with zero attached hydrogens (tertiary/aromatic N) is 6. The molecule has 0 spiro atoms. The SMILES string of the molecule is CC/C=C\c1c(C)ncnc1-c1cn(C(CC#N)C2CCCC2)nc1N(CC)CC. The standard InChI is InChI=1S/C24H34N6/c1-5-8-13-20-18(4)26-17-27-23(20)21-16-30(28-24(21)29(6-2)7-3)22(14-15-25)19-11-9-10-12-19/h8,13,16-17,19,22H,5-7,9-12,14H2,1-4H3/b13-8-. The van der Waals surface area contributed by atoms with E-state index in [1.54, 1.807) is 6.33 Å². The second-order valence-corrected chi connectivity index (χ2v) is 8.02. The number of anilines is 1. The molecule has 1 fully saturated rings. The molecule has 0 N–H and O–H groups in total. The molecule has 1 aliphatic carbocycles. The first-order chi connectivity index (χ1) is 14.6. The highest BCUT2D eigenvalue weighted by atomic mass is 15.4. The second-order valence-electron chi connectivity index (χ2n) is 8.02. The van der Waals surface area contributed by atoms with Crippen molar-refractivity contribution in [3.8, 4) is 17.3 Å². The second kappa shape index (κ2) is 10.4. The largest absolute Gasteiger partial charge is 0.355 e. The molecule has 0 radical (unpaired) electrons. The molecule has 160 valence electrons. The summed E-state index contributed by atoms with van der Waals surface area (Å²) in [5.41, 5.74) is 3.96. The maximum absolute atomic E-state index is 9.50. The van der Waals surface area contributed by atoms with Crippen molar-refractivity contribution in [2.45, 2.75) is 72.3 Å². The third-order valence-corrected chi connectivity index (χ3v) is 6.22. The van der Waals surface area contributed by atoms with Crippen LogP contribution < -0.4 is 4.90 Å². The predicted molar refractivity (Wildman–Crippen MR) is 122 cm³/mol. The van der Waals surface area contributed by atoms with Gasteiger partial charge in [0.05, 0.1) is 29.8 Å². The molecule has 30 heavy (non-hydrogen) atoms. The summed E-state index contributed by atoms with van der Waals surface area (Å²) in [7, 11) is 0. The van der Waals surface area contributed by atoms with E-state index in [0.29, 0.717) is 12.3 Å². The van der Waals surface area contributed by atoms with Crippen LogP contribution in [0.4, 0.5) is 5.82 Å². The van der Waals surface area contributed by atoms with Gasteiger partial charge in [-0.05, 0) is 46.0 Å². The number of hydrogen-bond acceptors (Lipinski definition) is 5. The Balaban J connectivity index is 2.15. The molecule has 0 amide bonds. The van der Waals surface area contributed by atoms with Gasteiger partial charge >= 0.3 is 0 Å². The molecule has 1 unspecified atom stereocenters. The number of allylic oxidation sites excluding steroid dienone is 1. The molecule has 0 aliphatic heterocycles. The van der Waals surface area contributed by atoms with Crippen LogP contribution in [0.2, 0.25) is 0 Å². The van der Waals surface area contributed by atoms with E-state index in [2.05, 4.69) is 64.7 Å². The van der Waals surface area contributed by atoms with Gasteiger partial charge in [0.15, 0.2) is 5.82 Å². The fourth-order valence-corrected chi connectivity index (χ4v) is 4.52. The molecule has 2 aromatic heterocycles. The van der Waals surface area contributed by atoms with E-state index < -0.39 is 0 Å². The Bertz CT molecular complexity index is 897. The first-order valence-electron chi connectivity index (χ1n) is 11.3. The highest BCUT2D eigenvalue weighted by molar-refractivity contribution is 5.80. The summed E-state index contributed by atoms with van der Waals surface area (Å²) in [6.07, 6.45) is 14.3. The summed E-state index contributed by atoms with van der Waals surface area (Å²) in [6, 6.07) is 2.53. The van der Waals surface area contributed by atoms with Crippen LogP contribution >= 0.6 is 0 Å². The topological polar surface area (TPSA) is 70.6 Å². The highest BCUT2D eigenvalue weighted by Gasteiger charge is 2.29. The monoisotopic (exact) mass is 406 g/mol. The lowest BCUT2D eigenvalue weighted by Gasteiger charge is -2.22. The fourth-order valence-electron chi connectivity index (χ4n) is 4.52. The van der Waals surface area contributed by atoms with E-state index in [0.717, 1.165) is 47.8 Å². The summed E-state index contributed by atoms with van der Waals surface area (Å²) in [4.78, 5) is 11.4. The minimum Gasteiger partial charge on any atom is -0.355 e. The van der Waals surface area contributed by atoms with Crippen LogP contribution in [0.1, 0.15) is 76.6 Å². The van der Waals surface area contributed by atoms with E-state index in [9.17, 15) is 5.26 Å². The number of hydrogen-bond donors (Lipinski definition) is 0. The van der Waals surface area contributed by atoms with Crippen molar-refractivity contribution in [2.24, 2.45) is 5.92 Å². The zero-order valence-electron chi connectivity index (χ0n) is 18.8. The van der Waals surface area contributed by atoms with Crippen molar-refractivity contribution >= 4 is 11.9 Å². The molecule has 6 nitrogen and oxygen atoms in total. The van der Waals surface area contributed by atoms with Crippen molar-refractivity contribution in [1.82, 2.24) is 19.7 Å². The van der Waals surface area contributed by atoms with Crippen LogP contribution in [0.5, 0.6) is 0 Å². The molecular formula is C24H34N6. The van der Waals surface area contributed by atoms with Gasteiger partial charge in [-0.3, -0.25) is 4.68 Å². The van der Waals surface area contributed by atoms with Crippen LogP contribution in [-0.2, 0) is 0 Å². The lowest BCUT2D eigenvalue weighted by molar-refractivity contribution is 0.315. The van der Waals surface area contributed by atoms with Gasteiger partial charge in [0.1, 0.15) is 6.33 Å². The smallest absolute Gasteiger partial charge is 0.160 e. The summed E-state index contributed by atoms with van der Waals surface area (Å²) >= 11 is 0. The van der Waals surface area contributed by atoms with E-state index >= 15 is 0 Å². The third kappa shape index (κ3) is 4.56. The minimum atomic E-state index is 0.123. The van der Waals surface area contributed by atoms with E-state index in [1.165, 1.54) is 25.7 Å². The van der Waals surface area contributed by atoms with Gasteiger partial charge in [0, 0.05) is 30.5 Å². The molecule has 3 rings (SSSR count). The van der Waals surface area contributed by atoms with E-state index in [4.69, 9.17) is 5.10 Å². The number of aryl methyl sites for hydroxylation is 1. The summed E-state index contributed by atoms with van der Waals surface area (Å²) in [5.74, 6) is 1.47. The average molecular weight is 407 g/mol. The van der Waals surface area contributed by atoms with Crippen LogP contribution in [0, 0.1) is 24.2 Å². The summed E-state index contributed by atoms with van der Waals surface area (Å²) in [6.45, 7) is 10.2. The molecule has 0 saturated heterocycles. The molecule has 1 saturated carbocycles. The molecule has 6 heteroatoms. The predicted octanol–water partition coefficient (Wildman–Crippen LogP) is 5.56. The average Bonchev–Trinajstić information content (AvgIpc) is 3.43. The zero-order valence-corrected chi connectivity index (χ0v) is 18.8. The Morgan fingerprint density at radius 1 is 1.23 bits per heavy atom. The van der Waals surface area contributed by atoms with Crippen molar-refractivity contribution in [2.75, 3.05) is 18.0 Å². The number of rotatable bonds is 9. The van der Waals surface area contributed by atoms with Gasteiger partial charge in [-0.25, -0.2) is 9.97 Å². The Kier molecular flexibility index (Phi) is 7.62. The summed E-state index contributed by atoms with van der Waals surface area (Å²) in [5, 5.41) is 14.5. The van der Waals surface area contributed by atoms with Crippen LogP contribution in [0.25, 0.3) is 17.3 Å². The Morgan fingerprint density at radius 3 is 2.60 bits per heavy atom. The van der Waals surface area contributed by atoms with Crippen molar-refractivity contribution < 1.29 is 0 Å². The quantitative estimate of drug-likeness (QED) is 0.545. The fraction of sp³-hybridized carbons (Fsp3) is 0.583. The zero-order chi connectivity index (χ0) is 21.5. The maximum atomic E-state index is 9.50. The molecule has 0 aromatic carbocycles. The lowest BCUT2D eigenvalue weighted by atomic mass is 9.96. The first-order valence-corrected chi connectivity index (χ1v) is 11.3. The Hall–Kier alpha value is -2.68. The van der Waals surface area contributed by atoms with Gasteiger partial charge < -0.3 is 4.90 Å². The lowest BCUT2D eigenvalue weighted by Crippen LogP contribution is -2.24. The van der Waals surface area contributed by atoms with Gasteiger partial charge in [0.2, 0.25) is 0 Å². The van der Waals surface area contributed by atoms with Gasteiger partial charge in [-0.2, -0.15) is 10.4 Å². The van der Waals surface area contributed by atoms with Crippen molar-refractivity contribution in [3.05, 3.63) is 29.9 Å². The van der Waals surface area contributed by atoms with E-state index in [1.807, 2.05) is 6.92 Å². The molecular weight excluding hydrogens is 372 g/mol. The van der Waals surface area contributed by atoms with E-state index in [-0.39, 0.29) is 6.04 Å². The molecule has 1 aliphatic rings. The van der Waals surface area contributed by atoms with Crippen LogP contribution in [0.15, 0.2) is 18.6 Å². The third-order valence-electron chi connectivity index (χ3n) is 6.22. The van der Waals surface area contributed by atoms with Crippen molar-refractivity contribution in [3.63, 3.8) is 0 Å². The number of aromatic nitrogens is 4. The highest BCUT2D eigenvalue weighted by Crippen LogP contribution is 2.39. The minimum absolute atomic E-state index is 0.123. The normalized spacial score (nSPS) is 15.6. The molecule has 0 bridgehead atoms. The number of nitriles is 1. The maximum Gasteiger partial charge on any atom is 0.160 e. The summed E-state index contributed by atoms with van der Waals surface area (Å²) < 4.78 is 2.06. The Labute approximate surface area is 180 Å². The molecule has 2 aromatic rings. The van der Waals surface area contributed by atoms with Gasteiger partial charge in [0.25, 0.3) is 0 Å². The van der Waals surface area contributed by atoms with Crippen LogP contribution in [0.3, 0.4) is 0 Å². The first kappa shape index (κ1) is 22.0. The van der Waals surface area contributed by atoms with Gasteiger partial charge in [-0.15, -0.1) is 0 Å².